The zero-order chi connectivity index (χ0) is 12.3. The fourth-order valence-corrected chi connectivity index (χ4v) is 3.18. The average Bonchev–Trinajstić information content (AvgIpc) is 2.94. The van der Waals surface area contributed by atoms with E-state index in [0.717, 1.165) is 18.9 Å². The molecule has 1 unspecified atom stereocenters. The Morgan fingerprint density at radius 3 is 2.65 bits per heavy atom. The number of rotatable bonds is 6. The molecule has 3 nitrogen and oxygen atoms in total. The third-order valence-electron chi connectivity index (χ3n) is 4.60. The minimum absolute atomic E-state index is 0.0147. The second kappa shape index (κ2) is 5.38. The number of ether oxygens (including phenoxy) is 2. The smallest absolute Gasteiger partial charge is 0.310 e. The van der Waals surface area contributed by atoms with Gasteiger partial charge >= 0.3 is 5.97 Å². The largest absolute Gasteiger partial charge is 0.438 e. The SMILES string of the molecule is CCC(C)C(=O)OCOCC12CCC(CC1)C2. The molecular weight excluding hydrogens is 216 g/mol. The highest BCUT2D eigenvalue weighted by Gasteiger charge is 2.44. The maximum Gasteiger partial charge on any atom is 0.310 e. The number of hydrogen-bond acceptors (Lipinski definition) is 3. The molecular formula is C14H24O3. The summed E-state index contributed by atoms with van der Waals surface area (Å²) < 4.78 is 10.7. The van der Waals surface area contributed by atoms with Crippen LogP contribution in [0.4, 0.5) is 0 Å². The van der Waals surface area contributed by atoms with Crippen molar-refractivity contribution in [1.82, 2.24) is 0 Å². The van der Waals surface area contributed by atoms with Gasteiger partial charge in [-0.1, -0.05) is 13.8 Å². The summed E-state index contributed by atoms with van der Waals surface area (Å²) in [5.74, 6) is 0.793. The van der Waals surface area contributed by atoms with Gasteiger partial charge in [0.05, 0.1) is 12.5 Å². The van der Waals surface area contributed by atoms with Gasteiger partial charge in [0, 0.05) is 0 Å². The number of esters is 1. The minimum Gasteiger partial charge on any atom is -0.438 e. The monoisotopic (exact) mass is 240 g/mol. The quantitative estimate of drug-likeness (QED) is 0.406. The zero-order valence-electron chi connectivity index (χ0n) is 11.0. The van der Waals surface area contributed by atoms with Crippen molar-refractivity contribution in [3.63, 3.8) is 0 Å². The summed E-state index contributed by atoms with van der Waals surface area (Å²) in [4.78, 5) is 11.4. The first-order chi connectivity index (χ1) is 8.15. The van der Waals surface area contributed by atoms with Crippen LogP contribution in [0, 0.1) is 17.3 Å². The van der Waals surface area contributed by atoms with Gasteiger partial charge in [0.15, 0.2) is 6.79 Å². The van der Waals surface area contributed by atoms with Gasteiger partial charge in [-0.2, -0.15) is 0 Å². The normalized spacial score (nSPS) is 32.7. The van der Waals surface area contributed by atoms with E-state index in [0.29, 0.717) is 5.41 Å². The van der Waals surface area contributed by atoms with E-state index in [1.165, 1.54) is 32.1 Å². The summed E-state index contributed by atoms with van der Waals surface area (Å²) in [5, 5.41) is 0. The fourth-order valence-electron chi connectivity index (χ4n) is 3.18. The molecule has 2 saturated carbocycles. The van der Waals surface area contributed by atoms with Gasteiger partial charge < -0.3 is 9.47 Å². The summed E-state index contributed by atoms with van der Waals surface area (Å²) in [5.41, 5.74) is 0.424. The lowest BCUT2D eigenvalue weighted by Crippen LogP contribution is -2.23. The molecule has 2 aliphatic rings. The van der Waals surface area contributed by atoms with Crippen molar-refractivity contribution in [2.75, 3.05) is 13.4 Å². The van der Waals surface area contributed by atoms with Gasteiger partial charge in [-0.3, -0.25) is 4.79 Å². The van der Waals surface area contributed by atoms with Crippen LogP contribution in [-0.4, -0.2) is 19.4 Å². The average molecular weight is 240 g/mol. The van der Waals surface area contributed by atoms with Crippen LogP contribution in [0.5, 0.6) is 0 Å². The van der Waals surface area contributed by atoms with Crippen LogP contribution in [0.15, 0.2) is 0 Å². The fraction of sp³-hybridized carbons (Fsp3) is 0.929. The summed E-state index contributed by atoms with van der Waals surface area (Å²) in [7, 11) is 0. The van der Waals surface area contributed by atoms with E-state index in [-0.39, 0.29) is 18.7 Å². The maximum atomic E-state index is 11.4. The van der Waals surface area contributed by atoms with Crippen molar-refractivity contribution in [3.8, 4) is 0 Å². The summed E-state index contributed by atoms with van der Waals surface area (Å²) in [6, 6.07) is 0. The zero-order valence-corrected chi connectivity index (χ0v) is 11.0. The first-order valence-corrected chi connectivity index (χ1v) is 6.89. The van der Waals surface area contributed by atoms with Crippen molar-refractivity contribution in [1.29, 1.82) is 0 Å². The van der Waals surface area contributed by atoms with Gasteiger partial charge in [0.2, 0.25) is 0 Å². The second-order valence-electron chi connectivity index (χ2n) is 5.89. The number of hydrogen-bond donors (Lipinski definition) is 0. The third-order valence-corrected chi connectivity index (χ3v) is 4.60. The van der Waals surface area contributed by atoms with Crippen LogP contribution in [0.2, 0.25) is 0 Å². The van der Waals surface area contributed by atoms with Gasteiger partial charge in [0.25, 0.3) is 0 Å². The Morgan fingerprint density at radius 1 is 1.41 bits per heavy atom. The molecule has 3 heteroatoms. The van der Waals surface area contributed by atoms with Crippen molar-refractivity contribution in [2.24, 2.45) is 17.3 Å². The standard InChI is InChI=1S/C14H24O3/c1-3-11(2)13(15)17-10-16-9-14-6-4-12(8-14)5-7-14/h11-12H,3-10H2,1-2H3. The van der Waals surface area contributed by atoms with Crippen LogP contribution in [0.3, 0.4) is 0 Å². The number of carbonyl (C=O) groups excluding carboxylic acids is 1. The van der Waals surface area contributed by atoms with E-state index in [9.17, 15) is 4.79 Å². The summed E-state index contributed by atoms with van der Waals surface area (Å²) in [6.07, 6.45) is 7.50. The van der Waals surface area contributed by atoms with Crippen molar-refractivity contribution in [2.45, 2.75) is 52.4 Å². The molecule has 0 aliphatic heterocycles. The number of carbonyl (C=O) groups is 1. The molecule has 2 aliphatic carbocycles. The molecule has 17 heavy (non-hydrogen) atoms. The van der Waals surface area contributed by atoms with E-state index in [2.05, 4.69) is 0 Å². The topological polar surface area (TPSA) is 35.5 Å². The molecule has 2 rings (SSSR count). The third kappa shape index (κ3) is 3.01. The molecule has 2 fully saturated rings. The first-order valence-electron chi connectivity index (χ1n) is 6.89. The summed E-state index contributed by atoms with van der Waals surface area (Å²) in [6.45, 7) is 4.79. The second-order valence-corrected chi connectivity index (χ2v) is 5.89. The van der Waals surface area contributed by atoms with Gasteiger partial charge in [-0.25, -0.2) is 0 Å². The van der Waals surface area contributed by atoms with E-state index in [1.54, 1.807) is 0 Å². The predicted molar refractivity (Wildman–Crippen MR) is 65.4 cm³/mol. The Labute approximate surface area is 104 Å². The molecule has 0 N–H and O–H groups in total. The van der Waals surface area contributed by atoms with Crippen LogP contribution < -0.4 is 0 Å². The molecule has 0 radical (unpaired) electrons. The molecule has 0 saturated heterocycles. The molecule has 0 heterocycles. The first kappa shape index (κ1) is 12.9. The van der Waals surface area contributed by atoms with E-state index in [4.69, 9.17) is 9.47 Å². The van der Waals surface area contributed by atoms with E-state index in [1.807, 2.05) is 13.8 Å². The van der Waals surface area contributed by atoms with Crippen LogP contribution >= 0.6 is 0 Å². The minimum atomic E-state index is -0.138. The Morgan fingerprint density at radius 2 is 2.12 bits per heavy atom. The van der Waals surface area contributed by atoms with Crippen LogP contribution in [0.1, 0.15) is 52.4 Å². The Hall–Kier alpha value is -0.570. The van der Waals surface area contributed by atoms with Gasteiger partial charge in [-0.15, -0.1) is 0 Å². The highest BCUT2D eigenvalue weighted by molar-refractivity contribution is 5.71. The maximum absolute atomic E-state index is 11.4. The van der Waals surface area contributed by atoms with Crippen LogP contribution in [0.25, 0.3) is 0 Å². The lowest BCUT2D eigenvalue weighted by Gasteiger charge is -2.25. The lowest BCUT2D eigenvalue weighted by molar-refractivity contribution is -0.163. The number of fused-ring (bicyclic) bond motifs is 2. The Kier molecular flexibility index (Phi) is 4.08. The predicted octanol–water partition coefficient (Wildman–Crippen LogP) is 3.13. The van der Waals surface area contributed by atoms with Gasteiger partial charge in [0.1, 0.15) is 0 Å². The lowest BCUT2D eigenvalue weighted by atomic mass is 9.85. The van der Waals surface area contributed by atoms with E-state index < -0.39 is 0 Å². The van der Waals surface area contributed by atoms with Crippen molar-refractivity contribution in [3.05, 3.63) is 0 Å². The molecule has 2 bridgehead atoms. The van der Waals surface area contributed by atoms with Gasteiger partial charge in [-0.05, 0) is 49.9 Å². The molecule has 0 spiro atoms. The molecule has 0 aromatic rings. The highest BCUT2D eigenvalue weighted by atomic mass is 16.7. The van der Waals surface area contributed by atoms with E-state index >= 15 is 0 Å². The van der Waals surface area contributed by atoms with Crippen molar-refractivity contribution >= 4 is 5.97 Å². The molecule has 1 atom stereocenters. The highest BCUT2D eigenvalue weighted by Crippen LogP contribution is 2.54. The Balaban J connectivity index is 1.62. The summed E-state index contributed by atoms with van der Waals surface area (Å²) >= 11 is 0. The van der Waals surface area contributed by atoms with Crippen LogP contribution in [-0.2, 0) is 14.3 Å². The molecule has 0 aromatic heterocycles. The molecule has 0 amide bonds. The molecule has 0 aromatic carbocycles. The molecule has 98 valence electrons. The Bertz CT molecular complexity index is 267. The van der Waals surface area contributed by atoms with Crippen molar-refractivity contribution < 1.29 is 14.3 Å².